The Morgan fingerprint density at radius 2 is 1.75 bits per heavy atom. The first-order chi connectivity index (χ1) is 9.63. The summed E-state index contributed by atoms with van der Waals surface area (Å²) in [5.41, 5.74) is 6.48. The molecule has 0 aliphatic heterocycles. The van der Waals surface area contributed by atoms with E-state index in [1.54, 1.807) is 32.4 Å². The van der Waals surface area contributed by atoms with Crippen molar-refractivity contribution in [2.24, 2.45) is 0 Å². The SMILES string of the molecule is COc1cccc(OC)c1OCc1nc(C)cc(N)n1. The van der Waals surface area contributed by atoms with Gasteiger partial charge in [-0.15, -0.1) is 0 Å². The first-order valence-electron chi connectivity index (χ1n) is 6.08. The fraction of sp³-hybridized carbons (Fsp3) is 0.286. The van der Waals surface area contributed by atoms with E-state index in [4.69, 9.17) is 19.9 Å². The molecule has 0 atom stereocenters. The molecule has 0 spiro atoms. The number of nitrogen functional groups attached to an aromatic ring is 1. The Labute approximate surface area is 117 Å². The van der Waals surface area contributed by atoms with E-state index < -0.39 is 0 Å². The molecule has 106 valence electrons. The molecule has 6 heteroatoms. The minimum atomic E-state index is 0.183. The maximum absolute atomic E-state index is 5.72. The molecule has 1 aromatic carbocycles. The van der Waals surface area contributed by atoms with Crippen LogP contribution >= 0.6 is 0 Å². The normalized spacial score (nSPS) is 10.2. The minimum absolute atomic E-state index is 0.183. The summed E-state index contributed by atoms with van der Waals surface area (Å²) in [5, 5.41) is 0. The number of benzene rings is 1. The van der Waals surface area contributed by atoms with Gasteiger partial charge in [-0.3, -0.25) is 0 Å². The molecule has 2 N–H and O–H groups in total. The Bertz CT molecular complexity index is 560. The van der Waals surface area contributed by atoms with Gasteiger partial charge in [-0.25, -0.2) is 9.97 Å². The van der Waals surface area contributed by atoms with Gasteiger partial charge in [0, 0.05) is 11.8 Å². The molecule has 2 rings (SSSR count). The van der Waals surface area contributed by atoms with Gasteiger partial charge < -0.3 is 19.9 Å². The number of para-hydroxylation sites is 1. The molecule has 1 aromatic heterocycles. The zero-order chi connectivity index (χ0) is 14.5. The predicted octanol–water partition coefficient (Wildman–Crippen LogP) is 1.96. The van der Waals surface area contributed by atoms with E-state index in [0.717, 1.165) is 5.69 Å². The number of nitrogens with zero attached hydrogens (tertiary/aromatic N) is 2. The third kappa shape index (κ3) is 3.09. The molecule has 0 aliphatic rings. The Morgan fingerprint density at radius 3 is 2.30 bits per heavy atom. The maximum Gasteiger partial charge on any atom is 0.203 e. The highest BCUT2D eigenvalue weighted by molar-refractivity contribution is 5.51. The van der Waals surface area contributed by atoms with Gasteiger partial charge in [-0.05, 0) is 19.1 Å². The van der Waals surface area contributed by atoms with Crippen molar-refractivity contribution < 1.29 is 14.2 Å². The molecule has 0 saturated heterocycles. The van der Waals surface area contributed by atoms with Crippen LogP contribution in [-0.2, 0) is 6.61 Å². The number of anilines is 1. The summed E-state index contributed by atoms with van der Waals surface area (Å²) in [7, 11) is 3.14. The first kappa shape index (κ1) is 13.9. The second kappa shape index (κ2) is 6.10. The molecule has 0 bridgehead atoms. The lowest BCUT2D eigenvalue weighted by molar-refractivity contribution is 0.259. The smallest absolute Gasteiger partial charge is 0.203 e. The average molecular weight is 275 g/mol. The van der Waals surface area contributed by atoms with E-state index in [1.807, 2.05) is 13.0 Å². The molecule has 0 amide bonds. The lowest BCUT2D eigenvalue weighted by Gasteiger charge is -2.13. The largest absolute Gasteiger partial charge is 0.493 e. The standard InChI is InChI=1S/C14H17N3O3/c1-9-7-12(15)17-13(16-9)8-20-14-10(18-2)5-4-6-11(14)19-3/h4-7H,8H2,1-3H3,(H2,15,16,17). The summed E-state index contributed by atoms with van der Waals surface area (Å²) in [6.45, 7) is 2.04. The predicted molar refractivity (Wildman–Crippen MR) is 75.1 cm³/mol. The maximum atomic E-state index is 5.72. The van der Waals surface area contributed by atoms with Crippen molar-refractivity contribution in [2.45, 2.75) is 13.5 Å². The van der Waals surface area contributed by atoms with Crippen LogP contribution in [-0.4, -0.2) is 24.2 Å². The highest BCUT2D eigenvalue weighted by Crippen LogP contribution is 2.37. The van der Waals surface area contributed by atoms with Crippen LogP contribution in [0.5, 0.6) is 17.2 Å². The fourth-order valence-electron chi connectivity index (χ4n) is 1.82. The average Bonchev–Trinajstić information content (AvgIpc) is 2.43. The molecule has 6 nitrogen and oxygen atoms in total. The van der Waals surface area contributed by atoms with Crippen LogP contribution in [0.25, 0.3) is 0 Å². The van der Waals surface area contributed by atoms with Crippen LogP contribution in [0.1, 0.15) is 11.5 Å². The molecular weight excluding hydrogens is 258 g/mol. The second-order valence-corrected chi connectivity index (χ2v) is 4.13. The van der Waals surface area contributed by atoms with Crippen molar-refractivity contribution in [3.63, 3.8) is 0 Å². The highest BCUT2D eigenvalue weighted by atomic mass is 16.5. The Hall–Kier alpha value is -2.50. The van der Waals surface area contributed by atoms with Gasteiger partial charge in [0.15, 0.2) is 17.3 Å². The summed E-state index contributed by atoms with van der Waals surface area (Å²) in [6.07, 6.45) is 0. The molecule has 0 fully saturated rings. The number of hydrogen-bond donors (Lipinski definition) is 1. The van der Waals surface area contributed by atoms with Crippen LogP contribution in [0.15, 0.2) is 24.3 Å². The number of rotatable bonds is 5. The second-order valence-electron chi connectivity index (χ2n) is 4.13. The molecule has 2 aromatic rings. The van der Waals surface area contributed by atoms with Gasteiger partial charge in [0.1, 0.15) is 12.4 Å². The van der Waals surface area contributed by atoms with E-state index >= 15 is 0 Å². The van der Waals surface area contributed by atoms with Gasteiger partial charge in [0.25, 0.3) is 0 Å². The van der Waals surface area contributed by atoms with E-state index in [1.165, 1.54) is 0 Å². The number of aryl methyl sites for hydroxylation is 1. The van der Waals surface area contributed by atoms with E-state index in [9.17, 15) is 0 Å². The van der Waals surface area contributed by atoms with Crippen LogP contribution in [0.2, 0.25) is 0 Å². The number of ether oxygens (including phenoxy) is 3. The monoisotopic (exact) mass is 275 g/mol. The molecule has 0 aliphatic carbocycles. The zero-order valence-electron chi connectivity index (χ0n) is 11.7. The van der Waals surface area contributed by atoms with E-state index in [-0.39, 0.29) is 6.61 Å². The van der Waals surface area contributed by atoms with Crippen molar-refractivity contribution >= 4 is 5.82 Å². The summed E-state index contributed by atoms with van der Waals surface area (Å²) in [6, 6.07) is 7.12. The van der Waals surface area contributed by atoms with Gasteiger partial charge in [0.05, 0.1) is 14.2 Å². The number of nitrogens with two attached hydrogens (primary N) is 1. The molecule has 1 heterocycles. The van der Waals surface area contributed by atoms with Crippen molar-refractivity contribution in [2.75, 3.05) is 20.0 Å². The Balaban J connectivity index is 2.22. The molecule has 0 saturated carbocycles. The molecule has 20 heavy (non-hydrogen) atoms. The fourth-order valence-corrected chi connectivity index (χ4v) is 1.82. The molecule has 0 unspecified atom stereocenters. The number of aromatic nitrogens is 2. The van der Waals surface area contributed by atoms with Crippen molar-refractivity contribution in [1.82, 2.24) is 9.97 Å². The summed E-state index contributed by atoms with van der Waals surface area (Å²) in [5.74, 6) is 2.62. The lowest BCUT2D eigenvalue weighted by atomic mass is 10.3. The quantitative estimate of drug-likeness (QED) is 0.898. The third-order valence-corrected chi connectivity index (χ3v) is 2.65. The van der Waals surface area contributed by atoms with Gasteiger partial charge >= 0.3 is 0 Å². The van der Waals surface area contributed by atoms with E-state index in [2.05, 4.69) is 9.97 Å². The number of methoxy groups -OCH3 is 2. The molecule has 0 radical (unpaired) electrons. The van der Waals surface area contributed by atoms with Crippen molar-refractivity contribution in [3.05, 3.63) is 35.8 Å². The third-order valence-electron chi connectivity index (χ3n) is 2.65. The van der Waals surface area contributed by atoms with Crippen LogP contribution in [0.4, 0.5) is 5.82 Å². The topological polar surface area (TPSA) is 79.5 Å². The van der Waals surface area contributed by atoms with Gasteiger partial charge in [-0.1, -0.05) is 6.07 Å². The summed E-state index contributed by atoms with van der Waals surface area (Å²) >= 11 is 0. The van der Waals surface area contributed by atoms with Crippen molar-refractivity contribution in [3.8, 4) is 17.2 Å². The molecular formula is C14H17N3O3. The van der Waals surface area contributed by atoms with Crippen LogP contribution in [0.3, 0.4) is 0 Å². The highest BCUT2D eigenvalue weighted by Gasteiger charge is 2.12. The van der Waals surface area contributed by atoms with Gasteiger partial charge in [-0.2, -0.15) is 0 Å². The zero-order valence-corrected chi connectivity index (χ0v) is 11.7. The summed E-state index contributed by atoms with van der Waals surface area (Å²) < 4.78 is 16.2. The summed E-state index contributed by atoms with van der Waals surface area (Å²) in [4.78, 5) is 8.38. The first-order valence-corrected chi connectivity index (χ1v) is 6.08. The van der Waals surface area contributed by atoms with Gasteiger partial charge in [0.2, 0.25) is 5.75 Å². The number of hydrogen-bond acceptors (Lipinski definition) is 6. The lowest BCUT2D eigenvalue weighted by Crippen LogP contribution is -2.06. The van der Waals surface area contributed by atoms with Crippen molar-refractivity contribution in [1.29, 1.82) is 0 Å². The van der Waals surface area contributed by atoms with Crippen LogP contribution < -0.4 is 19.9 Å². The van der Waals surface area contributed by atoms with Crippen LogP contribution in [0, 0.1) is 6.92 Å². The van der Waals surface area contributed by atoms with E-state index in [0.29, 0.717) is 28.9 Å². The minimum Gasteiger partial charge on any atom is -0.493 e. The Morgan fingerprint density at radius 1 is 1.10 bits per heavy atom. The Kier molecular flexibility index (Phi) is 4.24.